The summed E-state index contributed by atoms with van der Waals surface area (Å²) in [5, 5.41) is 19.7. The summed E-state index contributed by atoms with van der Waals surface area (Å²) in [5.74, 6) is 1.38. The molecule has 0 bridgehead atoms. The molecule has 0 saturated heterocycles. The Bertz CT molecular complexity index is 1200. The van der Waals surface area contributed by atoms with Crippen LogP contribution >= 0.6 is 0 Å². The van der Waals surface area contributed by atoms with Crippen LogP contribution in [0, 0.1) is 5.92 Å². The molecule has 176 valence electrons. The van der Waals surface area contributed by atoms with E-state index >= 15 is 0 Å². The van der Waals surface area contributed by atoms with Crippen molar-refractivity contribution in [3.05, 3.63) is 101 Å². The van der Waals surface area contributed by atoms with Gasteiger partial charge in [-0.15, -0.1) is 0 Å². The number of aliphatic hydroxyl groups is 1. The van der Waals surface area contributed by atoms with Gasteiger partial charge in [0.05, 0.1) is 0 Å². The van der Waals surface area contributed by atoms with E-state index in [-0.39, 0.29) is 0 Å². The van der Waals surface area contributed by atoms with Gasteiger partial charge < -0.3 is 14.9 Å². The van der Waals surface area contributed by atoms with Crippen molar-refractivity contribution in [2.75, 3.05) is 0 Å². The number of pyridine rings is 1. The zero-order valence-electron chi connectivity index (χ0n) is 19.5. The number of rotatable bonds is 7. The Morgan fingerprint density at radius 1 is 0.941 bits per heavy atom. The molecule has 0 radical (unpaired) electrons. The fourth-order valence-electron chi connectivity index (χ4n) is 5.39. The van der Waals surface area contributed by atoms with Gasteiger partial charge in [0.15, 0.2) is 6.23 Å². The Morgan fingerprint density at radius 2 is 1.76 bits per heavy atom. The maximum Gasteiger partial charge on any atom is 0.152 e. The first-order valence-electron chi connectivity index (χ1n) is 12.3. The smallest absolute Gasteiger partial charge is 0.152 e. The van der Waals surface area contributed by atoms with Crippen molar-refractivity contribution in [1.29, 1.82) is 0 Å². The lowest BCUT2D eigenvalue weighted by molar-refractivity contribution is 0.000692. The van der Waals surface area contributed by atoms with Crippen molar-refractivity contribution in [1.82, 2.24) is 15.0 Å². The van der Waals surface area contributed by atoms with E-state index in [0.29, 0.717) is 18.0 Å². The van der Waals surface area contributed by atoms with Crippen molar-refractivity contribution in [3.63, 3.8) is 0 Å². The van der Waals surface area contributed by atoms with E-state index < -0.39 is 6.23 Å². The SMILES string of the molecule is ONC(O)c1ccc(Cn2ccc3cc(C4CCCC(Cc5ccccc5)CC4)cnc32)cc1. The molecule has 0 spiro atoms. The minimum atomic E-state index is -1.07. The molecular weight excluding hydrogens is 422 g/mol. The molecule has 5 nitrogen and oxygen atoms in total. The Labute approximate surface area is 201 Å². The number of nitrogens with one attached hydrogen (secondary N) is 1. The molecule has 3 unspecified atom stereocenters. The van der Waals surface area contributed by atoms with Crippen LogP contribution in [0.5, 0.6) is 0 Å². The van der Waals surface area contributed by atoms with Crippen molar-refractivity contribution in [3.8, 4) is 0 Å². The van der Waals surface area contributed by atoms with E-state index in [1.807, 2.05) is 29.7 Å². The number of aromatic nitrogens is 2. The van der Waals surface area contributed by atoms with Crippen LogP contribution in [0.4, 0.5) is 0 Å². The Balaban J connectivity index is 1.25. The molecule has 1 fully saturated rings. The molecule has 5 heteroatoms. The molecule has 3 N–H and O–H groups in total. The second-order valence-electron chi connectivity index (χ2n) is 9.66. The average Bonchev–Trinajstić information content (AvgIpc) is 3.12. The highest BCUT2D eigenvalue weighted by Crippen LogP contribution is 2.36. The minimum absolute atomic E-state index is 0.597. The van der Waals surface area contributed by atoms with Gasteiger partial charge in [0.25, 0.3) is 0 Å². The predicted molar refractivity (Wildman–Crippen MR) is 135 cm³/mol. The molecular formula is C29H33N3O2. The molecule has 34 heavy (non-hydrogen) atoms. The third kappa shape index (κ3) is 5.22. The van der Waals surface area contributed by atoms with Gasteiger partial charge >= 0.3 is 0 Å². The van der Waals surface area contributed by atoms with E-state index in [1.165, 1.54) is 55.0 Å². The lowest BCUT2D eigenvalue weighted by Crippen LogP contribution is -2.15. The van der Waals surface area contributed by atoms with Crippen molar-refractivity contribution in [2.24, 2.45) is 5.92 Å². The molecule has 2 aromatic heterocycles. The number of hydrogen-bond acceptors (Lipinski definition) is 4. The molecule has 4 aromatic rings. The first-order chi connectivity index (χ1) is 16.7. The number of hydrogen-bond donors (Lipinski definition) is 3. The van der Waals surface area contributed by atoms with Crippen molar-refractivity contribution < 1.29 is 10.3 Å². The number of benzene rings is 2. The molecule has 0 amide bonds. The van der Waals surface area contributed by atoms with E-state index in [1.54, 1.807) is 0 Å². The molecule has 2 heterocycles. The van der Waals surface area contributed by atoms with Gasteiger partial charge in [-0.25, -0.2) is 4.98 Å². The summed E-state index contributed by atoms with van der Waals surface area (Å²) in [4.78, 5) is 4.87. The topological polar surface area (TPSA) is 70.3 Å². The van der Waals surface area contributed by atoms with Crippen LogP contribution in [0.3, 0.4) is 0 Å². The second kappa shape index (κ2) is 10.5. The standard InChI is InChI=1S/C29H33N3O2/c33-29(31-34)25-13-10-23(11-14-25)20-32-16-15-26-18-27(19-30-28(26)32)24-8-4-7-22(9-12-24)17-21-5-2-1-3-6-21/h1-3,5-6,10-11,13-16,18-19,22,24,29,31,33-34H,4,7-9,12,17,20H2. The van der Waals surface area contributed by atoms with Gasteiger partial charge in [0.2, 0.25) is 0 Å². The largest absolute Gasteiger partial charge is 0.372 e. The predicted octanol–water partition coefficient (Wildman–Crippen LogP) is 5.96. The second-order valence-corrected chi connectivity index (χ2v) is 9.66. The van der Waals surface area contributed by atoms with Crippen LogP contribution in [0.15, 0.2) is 79.1 Å². The van der Waals surface area contributed by atoms with Gasteiger partial charge in [-0.2, -0.15) is 5.48 Å². The van der Waals surface area contributed by atoms with Crippen LogP contribution in [-0.2, 0) is 13.0 Å². The minimum Gasteiger partial charge on any atom is -0.372 e. The normalized spacial score (nSPS) is 19.7. The van der Waals surface area contributed by atoms with Crippen LogP contribution in [0.1, 0.15) is 66.5 Å². The molecule has 1 aliphatic carbocycles. The highest BCUT2D eigenvalue weighted by atomic mass is 16.5. The van der Waals surface area contributed by atoms with Crippen LogP contribution < -0.4 is 5.48 Å². The summed E-state index contributed by atoms with van der Waals surface area (Å²) in [6.07, 6.45) is 10.7. The first kappa shape index (κ1) is 22.8. The molecule has 5 rings (SSSR count). The van der Waals surface area contributed by atoms with Crippen molar-refractivity contribution in [2.45, 2.75) is 57.2 Å². The van der Waals surface area contributed by atoms with Crippen molar-refractivity contribution >= 4 is 11.0 Å². The average molecular weight is 456 g/mol. The van der Waals surface area contributed by atoms with Gasteiger partial charge in [-0.05, 0) is 71.9 Å². The Morgan fingerprint density at radius 3 is 2.56 bits per heavy atom. The Hall–Kier alpha value is -2.99. The molecule has 3 atom stereocenters. The summed E-state index contributed by atoms with van der Waals surface area (Å²) in [7, 11) is 0. The van der Waals surface area contributed by atoms with E-state index in [4.69, 9.17) is 10.2 Å². The maximum absolute atomic E-state index is 9.67. The lowest BCUT2D eigenvalue weighted by Gasteiger charge is -2.16. The van der Waals surface area contributed by atoms with Crippen LogP contribution in [-0.4, -0.2) is 19.9 Å². The summed E-state index contributed by atoms with van der Waals surface area (Å²) in [6, 6.07) is 23.0. The summed E-state index contributed by atoms with van der Waals surface area (Å²) in [5.41, 5.74) is 7.44. The van der Waals surface area contributed by atoms with Crippen LogP contribution in [0.2, 0.25) is 0 Å². The van der Waals surface area contributed by atoms with Crippen LogP contribution in [0.25, 0.3) is 11.0 Å². The van der Waals surface area contributed by atoms with E-state index in [0.717, 1.165) is 17.1 Å². The third-order valence-electron chi connectivity index (χ3n) is 7.32. The third-order valence-corrected chi connectivity index (χ3v) is 7.32. The fourth-order valence-corrected chi connectivity index (χ4v) is 5.39. The van der Waals surface area contributed by atoms with Gasteiger partial charge in [-0.1, -0.05) is 67.4 Å². The maximum atomic E-state index is 9.67. The number of nitrogens with zero attached hydrogens (tertiary/aromatic N) is 2. The highest BCUT2D eigenvalue weighted by molar-refractivity contribution is 5.77. The molecule has 1 saturated carbocycles. The number of fused-ring (bicyclic) bond motifs is 1. The first-order valence-corrected chi connectivity index (χ1v) is 12.3. The molecule has 2 aromatic carbocycles. The van der Waals surface area contributed by atoms with Gasteiger partial charge in [0.1, 0.15) is 5.65 Å². The highest BCUT2D eigenvalue weighted by Gasteiger charge is 2.21. The lowest BCUT2D eigenvalue weighted by atomic mass is 9.90. The van der Waals surface area contributed by atoms with E-state index in [2.05, 4.69) is 59.4 Å². The number of aliphatic hydroxyl groups excluding tert-OH is 1. The summed E-state index contributed by atoms with van der Waals surface area (Å²) >= 11 is 0. The van der Waals surface area contributed by atoms with E-state index in [9.17, 15) is 5.11 Å². The monoisotopic (exact) mass is 455 g/mol. The van der Waals surface area contributed by atoms with Gasteiger partial charge in [0, 0.05) is 24.3 Å². The summed E-state index contributed by atoms with van der Waals surface area (Å²) in [6.45, 7) is 0.712. The molecule has 0 aliphatic heterocycles. The quantitative estimate of drug-likeness (QED) is 0.183. The van der Waals surface area contributed by atoms with Gasteiger partial charge in [-0.3, -0.25) is 0 Å². The zero-order valence-corrected chi connectivity index (χ0v) is 19.5. The fraction of sp³-hybridized carbons (Fsp3) is 0.345. The number of hydroxylamine groups is 1. The summed E-state index contributed by atoms with van der Waals surface area (Å²) < 4.78 is 2.16. The Kier molecular flexibility index (Phi) is 7.05. The molecule has 1 aliphatic rings. The zero-order chi connectivity index (χ0) is 23.3.